The molecule has 0 aliphatic heterocycles. The zero-order chi connectivity index (χ0) is 16.4. The number of hydrogen-bond donors (Lipinski definition) is 0. The van der Waals surface area contributed by atoms with Gasteiger partial charge in [0.2, 0.25) is 0 Å². The van der Waals surface area contributed by atoms with Crippen LogP contribution in [0.2, 0.25) is 0 Å². The van der Waals surface area contributed by atoms with E-state index in [9.17, 15) is 5.26 Å². The first-order valence-electron chi connectivity index (χ1n) is 7.58. The summed E-state index contributed by atoms with van der Waals surface area (Å²) in [5.74, 6) is 0.757. The summed E-state index contributed by atoms with van der Waals surface area (Å²) in [5, 5.41) is 11.4. The maximum atomic E-state index is 9.19. The molecule has 23 heavy (non-hydrogen) atoms. The van der Waals surface area contributed by atoms with Gasteiger partial charge in [-0.05, 0) is 55.7 Å². The monoisotopic (exact) mass is 318 g/mol. The smallest absolute Gasteiger partial charge is 0.0994 e. The molecule has 2 nitrogen and oxygen atoms in total. The molecular formula is C20H18N2S. The van der Waals surface area contributed by atoms with Crippen molar-refractivity contribution in [2.45, 2.75) is 31.6 Å². The van der Waals surface area contributed by atoms with Gasteiger partial charge in [0.1, 0.15) is 0 Å². The van der Waals surface area contributed by atoms with Gasteiger partial charge in [0.05, 0.1) is 22.2 Å². The third-order valence-electron chi connectivity index (χ3n) is 3.95. The van der Waals surface area contributed by atoms with Gasteiger partial charge in [-0.3, -0.25) is 0 Å². The van der Waals surface area contributed by atoms with Gasteiger partial charge in [-0.15, -0.1) is 11.8 Å². The van der Waals surface area contributed by atoms with Crippen molar-refractivity contribution in [3.63, 3.8) is 0 Å². The number of rotatable bonds is 3. The lowest BCUT2D eigenvalue weighted by atomic mass is 10.0. The molecule has 0 saturated carbocycles. The first kappa shape index (κ1) is 15.6. The predicted molar refractivity (Wildman–Crippen MR) is 96.7 cm³/mol. The van der Waals surface area contributed by atoms with Crippen LogP contribution >= 0.6 is 11.8 Å². The summed E-state index contributed by atoms with van der Waals surface area (Å²) in [4.78, 5) is 4.83. The fourth-order valence-corrected chi connectivity index (χ4v) is 3.77. The zero-order valence-corrected chi connectivity index (χ0v) is 14.4. The van der Waals surface area contributed by atoms with Gasteiger partial charge in [0.15, 0.2) is 0 Å². The van der Waals surface area contributed by atoms with E-state index in [0.29, 0.717) is 0 Å². The lowest BCUT2D eigenvalue weighted by Gasteiger charge is -2.10. The van der Waals surface area contributed by atoms with Crippen molar-refractivity contribution in [2.24, 2.45) is 0 Å². The second-order valence-corrected chi connectivity index (χ2v) is 6.81. The molecule has 0 bridgehead atoms. The van der Waals surface area contributed by atoms with Gasteiger partial charge in [-0.2, -0.15) is 5.26 Å². The lowest BCUT2D eigenvalue weighted by Crippen LogP contribution is -1.92. The number of aryl methyl sites for hydroxylation is 3. The molecule has 0 aliphatic rings. The molecule has 0 fully saturated rings. The van der Waals surface area contributed by atoms with Crippen molar-refractivity contribution >= 4 is 22.7 Å². The zero-order valence-electron chi connectivity index (χ0n) is 13.6. The molecule has 0 unspecified atom stereocenters. The minimum absolute atomic E-state index is 0.740. The lowest BCUT2D eigenvalue weighted by molar-refractivity contribution is 1.15. The fourth-order valence-electron chi connectivity index (χ4n) is 2.80. The first-order chi connectivity index (χ1) is 11.1. The molecule has 3 rings (SSSR count). The molecule has 3 aromatic rings. The number of nitriles is 1. The Hall–Kier alpha value is -2.31. The number of pyridine rings is 1. The summed E-state index contributed by atoms with van der Waals surface area (Å²) in [6.07, 6.45) is 0. The minimum atomic E-state index is 0.740. The van der Waals surface area contributed by atoms with Gasteiger partial charge in [0.25, 0.3) is 0 Å². The number of nitrogens with zero attached hydrogens (tertiary/aromatic N) is 2. The highest BCUT2D eigenvalue weighted by Crippen LogP contribution is 2.29. The van der Waals surface area contributed by atoms with Gasteiger partial charge in [-0.25, -0.2) is 4.98 Å². The standard InChI is InChI=1S/C20H18N2S/c1-13-8-15(3)20-18(9-13)14(2)10-19(22-20)23-12-17-7-5-4-6-16(17)11-21/h4-10H,12H2,1-3H3. The molecule has 0 radical (unpaired) electrons. The summed E-state index contributed by atoms with van der Waals surface area (Å²) in [6.45, 7) is 6.37. The SMILES string of the molecule is Cc1cc(C)c2nc(SCc3ccccc3C#N)cc(C)c2c1. The summed E-state index contributed by atoms with van der Waals surface area (Å²) < 4.78 is 0. The van der Waals surface area contributed by atoms with E-state index in [2.05, 4.69) is 45.0 Å². The van der Waals surface area contributed by atoms with E-state index in [4.69, 9.17) is 4.98 Å². The van der Waals surface area contributed by atoms with Crippen LogP contribution in [0.3, 0.4) is 0 Å². The van der Waals surface area contributed by atoms with Crippen LogP contribution in [0.15, 0.2) is 47.5 Å². The van der Waals surface area contributed by atoms with Crippen LogP contribution in [-0.4, -0.2) is 4.98 Å². The molecule has 1 heterocycles. The Labute approximate surface area is 141 Å². The van der Waals surface area contributed by atoms with E-state index in [1.54, 1.807) is 11.8 Å². The number of benzene rings is 2. The predicted octanol–water partition coefficient (Wildman–Crippen LogP) is 5.32. The van der Waals surface area contributed by atoms with Crippen molar-refractivity contribution in [1.29, 1.82) is 5.26 Å². The van der Waals surface area contributed by atoms with Crippen molar-refractivity contribution in [1.82, 2.24) is 4.98 Å². The highest BCUT2D eigenvalue weighted by atomic mass is 32.2. The van der Waals surface area contributed by atoms with Gasteiger partial charge >= 0.3 is 0 Å². The third-order valence-corrected chi connectivity index (χ3v) is 4.91. The van der Waals surface area contributed by atoms with Crippen LogP contribution < -0.4 is 0 Å². The Morgan fingerprint density at radius 3 is 2.61 bits per heavy atom. The van der Waals surface area contributed by atoms with Crippen molar-refractivity contribution in [2.75, 3.05) is 0 Å². The molecule has 0 aliphatic carbocycles. The number of thioether (sulfide) groups is 1. The molecule has 114 valence electrons. The number of hydrogen-bond acceptors (Lipinski definition) is 3. The summed E-state index contributed by atoms with van der Waals surface area (Å²) >= 11 is 1.68. The second-order valence-electron chi connectivity index (χ2n) is 5.81. The molecule has 2 aromatic carbocycles. The first-order valence-corrected chi connectivity index (χ1v) is 8.56. The van der Waals surface area contributed by atoms with E-state index >= 15 is 0 Å². The molecule has 0 N–H and O–H groups in total. The minimum Gasteiger partial charge on any atom is -0.241 e. The van der Waals surface area contributed by atoms with Gasteiger partial charge < -0.3 is 0 Å². The molecule has 0 amide bonds. The van der Waals surface area contributed by atoms with Crippen LogP contribution in [0.4, 0.5) is 0 Å². The quantitative estimate of drug-likeness (QED) is 0.613. The Bertz CT molecular complexity index is 923. The average molecular weight is 318 g/mol. The topological polar surface area (TPSA) is 36.7 Å². The Morgan fingerprint density at radius 1 is 1.04 bits per heavy atom. The summed E-state index contributed by atoms with van der Waals surface area (Å²) in [7, 11) is 0. The van der Waals surface area contributed by atoms with Crippen LogP contribution in [0.1, 0.15) is 27.8 Å². The Balaban J connectivity index is 1.94. The molecule has 0 spiro atoms. The van der Waals surface area contributed by atoms with Crippen molar-refractivity contribution < 1.29 is 0 Å². The van der Waals surface area contributed by atoms with Crippen LogP contribution in [0, 0.1) is 32.1 Å². The molecular weight excluding hydrogens is 300 g/mol. The summed E-state index contributed by atoms with van der Waals surface area (Å²) in [5.41, 5.74) is 6.60. The fraction of sp³-hybridized carbons (Fsp3) is 0.200. The Morgan fingerprint density at radius 2 is 1.83 bits per heavy atom. The summed E-state index contributed by atoms with van der Waals surface area (Å²) in [6, 6.07) is 16.5. The van der Waals surface area contributed by atoms with Crippen molar-refractivity contribution in [3.8, 4) is 6.07 Å². The molecule has 3 heteroatoms. The van der Waals surface area contributed by atoms with E-state index in [0.717, 1.165) is 27.4 Å². The highest BCUT2D eigenvalue weighted by molar-refractivity contribution is 7.98. The largest absolute Gasteiger partial charge is 0.241 e. The Kier molecular flexibility index (Phi) is 4.36. The van der Waals surface area contributed by atoms with E-state index in [-0.39, 0.29) is 0 Å². The molecule has 0 atom stereocenters. The van der Waals surface area contributed by atoms with E-state index in [1.165, 1.54) is 22.1 Å². The number of fused-ring (bicyclic) bond motifs is 1. The third kappa shape index (κ3) is 3.23. The average Bonchev–Trinajstić information content (AvgIpc) is 2.54. The van der Waals surface area contributed by atoms with Crippen LogP contribution in [-0.2, 0) is 5.75 Å². The molecule has 1 aromatic heterocycles. The normalized spacial score (nSPS) is 10.7. The van der Waals surface area contributed by atoms with Crippen molar-refractivity contribution in [3.05, 3.63) is 70.3 Å². The maximum Gasteiger partial charge on any atom is 0.0994 e. The maximum absolute atomic E-state index is 9.19. The number of aromatic nitrogens is 1. The highest BCUT2D eigenvalue weighted by Gasteiger charge is 2.08. The van der Waals surface area contributed by atoms with E-state index in [1.807, 2.05) is 24.3 Å². The molecule has 0 saturated heterocycles. The van der Waals surface area contributed by atoms with E-state index < -0.39 is 0 Å². The van der Waals surface area contributed by atoms with Crippen LogP contribution in [0.5, 0.6) is 0 Å². The van der Waals surface area contributed by atoms with Crippen LogP contribution in [0.25, 0.3) is 10.9 Å². The van der Waals surface area contributed by atoms with Gasteiger partial charge in [0, 0.05) is 11.1 Å². The second kappa shape index (κ2) is 6.44. The van der Waals surface area contributed by atoms with Gasteiger partial charge in [-0.1, -0.05) is 29.8 Å².